The topological polar surface area (TPSA) is 64.3 Å². The van der Waals surface area contributed by atoms with E-state index >= 15 is 0 Å². The van der Waals surface area contributed by atoms with E-state index in [1.54, 1.807) is 0 Å². The number of carbonyl (C=O) groups excluding carboxylic acids is 1. The number of ether oxygens (including phenoxy) is 1. The monoisotopic (exact) mass is 186 g/mol. The number of hydrogen-bond donors (Lipinski definition) is 2. The van der Waals surface area contributed by atoms with E-state index < -0.39 is 6.09 Å². The van der Waals surface area contributed by atoms with Gasteiger partial charge in [0.2, 0.25) is 0 Å². The van der Waals surface area contributed by atoms with E-state index in [1.165, 1.54) is 7.11 Å². The van der Waals surface area contributed by atoms with E-state index in [-0.39, 0.29) is 11.6 Å². The lowest BCUT2D eigenvalue weighted by molar-refractivity contribution is 0.158. The molecular formula is C9H18N2O2. The van der Waals surface area contributed by atoms with Crippen molar-refractivity contribution in [2.75, 3.05) is 7.11 Å². The quantitative estimate of drug-likeness (QED) is 0.687. The van der Waals surface area contributed by atoms with Crippen LogP contribution in [0.1, 0.15) is 26.7 Å². The molecule has 1 atom stereocenters. The molecule has 4 heteroatoms. The van der Waals surface area contributed by atoms with Gasteiger partial charge < -0.3 is 15.8 Å². The van der Waals surface area contributed by atoms with Crippen molar-refractivity contribution in [2.24, 2.45) is 11.7 Å². The van der Waals surface area contributed by atoms with Crippen LogP contribution in [-0.4, -0.2) is 24.8 Å². The zero-order valence-corrected chi connectivity index (χ0v) is 8.46. The molecule has 1 aliphatic carbocycles. The van der Waals surface area contributed by atoms with E-state index in [0.29, 0.717) is 5.92 Å². The molecule has 0 aromatic heterocycles. The minimum absolute atomic E-state index is 0.0277. The molecule has 0 aromatic carbocycles. The fourth-order valence-electron chi connectivity index (χ4n) is 1.62. The van der Waals surface area contributed by atoms with Crippen molar-refractivity contribution in [2.45, 2.75) is 38.3 Å². The van der Waals surface area contributed by atoms with E-state index in [2.05, 4.69) is 10.1 Å². The fraction of sp³-hybridized carbons (Fsp3) is 0.889. The molecule has 0 heterocycles. The van der Waals surface area contributed by atoms with Crippen LogP contribution in [0.15, 0.2) is 0 Å². The first kappa shape index (κ1) is 10.3. The van der Waals surface area contributed by atoms with Crippen molar-refractivity contribution in [3.05, 3.63) is 0 Å². The maximum absolute atomic E-state index is 11.0. The Labute approximate surface area is 78.8 Å². The summed E-state index contributed by atoms with van der Waals surface area (Å²) in [5.74, 6) is 0.339. The Kier molecular flexibility index (Phi) is 2.81. The smallest absolute Gasteiger partial charge is 0.407 e. The standard InChI is InChI=1S/C9H18N2O2/c1-6(2)7(9(10)4-5-9)11-8(12)13-3/h6-7H,4-5,10H2,1-3H3,(H,11,12)/t7-/m0/s1. The minimum atomic E-state index is -0.393. The first-order valence-corrected chi connectivity index (χ1v) is 4.63. The van der Waals surface area contributed by atoms with E-state index in [1.807, 2.05) is 13.8 Å². The molecule has 1 rings (SSSR count). The summed E-state index contributed by atoms with van der Waals surface area (Å²) < 4.78 is 4.55. The number of methoxy groups -OCH3 is 1. The lowest BCUT2D eigenvalue weighted by Crippen LogP contribution is -2.52. The van der Waals surface area contributed by atoms with Crippen molar-refractivity contribution in [1.29, 1.82) is 0 Å². The summed E-state index contributed by atoms with van der Waals surface area (Å²) in [5.41, 5.74) is 5.83. The molecule has 1 saturated carbocycles. The molecule has 0 aromatic rings. The molecule has 1 aliphatic rings. The van der Waals surface area contributed by atoms with Gasteiger partial charge in [-0.05, 0) is 18.8 Å². The third-order valence-corrected chi connectivity index (χ3v) is 2.57. The van der Waals surface area contributed by atoms with Crippen LogP contribution in [0.4, 0.5) is 4.79 Å². The maximum atomic E-state index is 11.0. The van der Waals surface area contributed by atoms with Crippen molar-refractivity contribution in [3.63, 3.8) is 0 Å². The zero-order chi connectivity index (χ0) is 10.1. The maximum Gasteiger partial charge on any atom is 0.407 e. The zero-order valence-electron chi connectivity index (χ0n) is 8.46. The molecule has 0 unspecified atom stereocenters. The summed E-state index contributed by atoms with van der Waals surface area (Å²) in [5, 5.41) is 2.78. The highest BCUT2D eigenvalue weighted by molar-refractivity contribution is 5.67. The molecule has 4 nitrogen and oxygen atoms in total. The third kappa shape index (κ3) is 2.34. The number of alkyl carbamates (subject to hydrolysis) is 1. The van der Waals surface area contributed by atoms with Gasteiger partial charge >= 0.3 is 6.09 Å². The van der Waals surface area contributed by atoms with Crippen molar-refractivity contribution in [3.8, 4) is 0 Å². The Morgan fingerprint density at radius 3 is 2.38 bits per heavy atom. The van der Waals surface area contributed by atoms with Crippen LogP contribution in [0.5, 0.6) is 0 Å². The second-order valence-corrected chi connectivity index (χ2v) is 4.09. The largest absolute Gasteiger partial charge is 0.453 e. The fourth-order valence-corrected chi connectivity index (χ4v) is 1.62. The van der Waals surface area contributed by atoms with Gasteiger partial charge in [-0.15, -0.1) is 0 Å². The Balaban J connectivity index is 2.53. The van der Waals surface area contributed by atoms with Gasteiger partial charge in [0.15, 0.2) is 0 Å². The van der Waals surface area contributed by atoms with Gasteiger partial charge in [0.05, 0.1) is 13.2 Å². The number of hydrogen-bond acceptors (Lipinski definition) is 3. The molecule has 0 aliphatic heterocycles. The first-order chi connectivity index (χ1) is 5.99. The highest BCUT2D eigenvalue weighted by Gasteiger charge is 2.47. The van der Waals surface area contributed by atoms with Gasteiger partial charge in [0, 0.05) is 5.54 Å². The predicted octanol–water partition coefficient (Wildman–Crippen LogP) is 0.858. The van der Waals surface area contributed by atoms with Crippen LogP contribution < -0.4 is 11.1 Å². The van der Waals surface area contributed by atoms with Crippen LogP contribution in [0.25, 0.3) is 0 Å². The number of amides is 1. The van der Waals surface area contributed by atoms with Crippen molar-refractivity contribution in [1.82, 2.24) is 5.32 Å². The Morgan fingerprint density at radius 1 is 1.54 bits per heavy atom. The van der Waals surface area contributed by atoms with Crippen LogP contribution in [0.3, 0.4) is 0 Å². The average Bonchev–Trinajstić information content (AvgIpc) is 2.79. The molecule has 1 amide bonds. The molecule has 3 N–H and O–H groups in total. The summed E-state index contributed by atoms with van der Waals surface area (Å²) in [7, 11) is 1.36. The molecule has 0 saturated heterocycles. The summed E-state index contributed by atoms with van der Waals surface area (Å²) >= 11 is 0. The Hall–Kier alpha value is -0.770. The Morgan fingerprint density at radius 2 is 2.08 bits per heavy atom. The van der Waals surface area contributed by atoms with E-state index in [4.69, 9.17) is 5.73 Å². The van der Waals surface area contributed by atoms with Crippen LogP contribution >= 0.6 is 0 Å². The molecule has 0 spiro atoms. The normalized spacial score (nSPS) is 21.0. The molecular weight excluding hydrogens is 168 g/mol. The second kappa shape index (κ2) is 3.54. The lowest BCUT2D eigenvalue weighted by atomic mass is 9.95. The summed E-state index contributed by atoms with van der Waals surface area (Å²) in [6, 6.07) is 0.0277. The second-order valence-electron chi connectivity index (χ2n) is 4.09. The van der Waals surface area contributed by atoms with Crippen molar-refractivity contribution < 1.29 is 9.53 Å². The number of rotatable bonds is 3. The highest BCUT2D eigenvalue weighted by atomic mass is 16.5. The number of carbonyl (C=O) groups is 1. The SMILES string of the molecule is COC(=O)N[C@@H](C(C)C)C1(N)CC1. The first-order valence-electron chi connectivity index (χ1n) is 4.63. The minimum Gasteiger partial charge on any atom is -0.453 e. The molecule has 76 valence electrons. The van der Waals surface area contributed by atoms with Crippen LogP contribution in [-0.2, 0) is 4.74 Å². The van der Waals surface area contributed by atoms with Gasteiger partial charge in [-0.3, -0.25) is 0 Å². The Bertz CT molecular complexity index is 200. The van der Waals surface area contributed by atoms with Gasteiger partial charge in [0.25, 0.3) is 0 Å². The van der Waals surface area contributed by atoms with Gasteiger partial charge in [-0.25, -0.2) is 4.79 Å². The van der Waals surface area contributed by atoms with Gasteiger partial charge in [-0.1, -0.05) is 13.8 Å². The lowest BCUT2D eigenvalue weighted by Gasteiger charge is -2.27. The average molecular weight is 186 g/mol. The number of nitrogens with one attached hydrogen (secondary N) is 1. The van der Waals surface area contributed by atoms with E-state index in [0.717, 1.165) is 12.8 Å². The van der Waals surface area contributed by atoms with Crippen LogP contribution in [0.2, 0.25) is 0 Å². The van der Waals surface area contributed by atoms with Crippen molar-refractivity contribution >= 4 is 6.09 Å². The van der Waals surface area contributed by atoms with Gasteiger partial charge in [-0.2, -0.15) is 0 Å². The third-order valence-electron chi connectivity index (χ3n) is 2.57. The highest BCUT2D eigenvalue weighted by Crippen LogP contribution is 2.38. The van der Waals surface area contributed by atoms with Gasteiger partial charge in [0.1, 0.15) is 0 Å². The molecule has 0 radical (unpaired) electrons. The summed E-state index contributed by atoms with van der Waals surface area (Å²) in [6.07, 6.45) is 1.58. The number of nitrogens with two attached hydrogens (primary N) is 1. The summed E-state index contributed by atoms with van der Waals surface area (Å²) in [6.45, 7) is 4.10. The molecule has 1 fully saturated rings. The molecule has 0 bridgehead atoms. The van der Waals surface area contributed by atoms with E-state index in [9.17, 15) is 4.79 Å². The van der Waals surface area contributed by atoms with Crippen LogP contribution in [0, 0.1) is 5.92 Å². The predicted molar refractivity (Wildman–Crippen MR) is 50.3 cm³/mol. The molecule has 13 heavy (non-hydrogen) atoms. The summed E-state index contributed by atoms with van der Waals surface area (Å²) in [4.78, 5) is 11.0.